The van der Waals surface area contributed by atoms with E-state index >= 15 is 0 Å². The molecule has 0 unspecified atom stereocenters. The van der Waals surface area contributed by atoms with Gasteiger partial charge in [-0.05, 0) is 24.3 Å². The fourth-order valence-corrected chi connectivity index (χ4v) is 3.71. The molecule has 0 aromatic carbocycles. The minimum atomic E-state index is -3.87. The molecule has 0 radical (unpaired) electrons. The van der Waals surface area contributed by atoms with Crippen LogP contribution in [0, 0.1) is 0 Å². The van der Waals surface area contributed by atoms with Crippen molar-refractivity contribution in [3.05, 3.63) is 53.9 Å². The monoisotopic (exact) mass is 322 g/mol. The van der Waals surface area contributed by atoms with Crippen LogP contribution in [0.3, 0.4) is 0 Å². The van der Waals surface area contributed by atoms with Crippen LogP contribution in [0.25, 0.3) is 5.65 Å². The van der Waals surface area contributed by atoms with Crippen LogP contribution in [0.1, 0.15) is 0 Å². The maximum absolute atomic E-state index is 12.8. The Balaban J connectivity index is 2.19. The number of hydrogen-bond donors (Lipinski definition) is 0. The van der Waals surface area contributed by atoms with E-state index < -0.39 is 10.0 Å². The second-order valence-corrected chi connectivity index (χ2v) is 6.54. The number of hydrogen-bond acceptors (Lipinski definition) is 4. The van der Waals surface area contributed by atoms with Crippen LogP contribution in [0.2, 0.25) is 5.15 Å². The Kier molecular flexibility index (Phi) is 3.30. The number of nitrogens with zero attached hydrogens (tertiary/aromatic N) is 4. The van der Waals surface area contributed by atoms with Crippen molar-refractivity contribution in [1.29, 1.82) is 0 Å². The molecule has 3 rings (SSSR count). The number of aromatic nitrogens is 3. The second-order valence-electron chi connectivity index (χ2n) is 4.30. The van der Waals surface area contributed by atoms with Crippen LogP contribution in [-0.4, -0.2) is 29.8 Å². The molecule has 3 aromatic rings. The molecule has 0 saturated heterocycles. The van der Waals surface area contributed by atoms with Gasteiger partial charge in [0.25, 0.3) is 10.0 Å². The largest absolute Gasteiger partial charge is 0.288 e. The molecule has 0 bridgehead atoms. The van der Waals surface area contributed by atoms with Crippen molar-refractivity contribution in [2.24, 2.45) is 0 Å². The fraction of sp³-hybridized carbons (Fsp3) is 0.0769. The molecular formula is C13H11ClN4O2S. The van der Waals surface area contributed by atoms with Crippen molar-refractivity contribution in [1.82, 2.24) is 14.4 Å². The molecular weight excluding hydrogens is 312 g/mol. The summed E-state index contributed by atoms with van der Waals surface area (Å²) in [5.74, 6) is 0.305. The van der Waals surface area contributed by atoms with Crippen LogP contribution in [-0.2, 0) is 10.0 Å². The lowest BCUT2D eigenvalue weighted by Crippen LogP contribution is -2.28. The average Bonchev–Trinajstić information content (AvgIpc) is 2.83. The normalized spacial score (nSPS) is 11.7. The Morgan fingerprint density at radius 1 is 1.19 bits per heavy atom. The number of fused-ring (bicyclic) bond motifs is 1. The summed E-state index contributed by atoms with van der Waals surface area (Å²) in [6.45, 7) is 0. The van der Waals surface area contributed by atoms with Gasteiger partial charge in [0.1, 0.15) is 11.5 Å². The fourth-order valence-electron chi connectivity index (χ4n) is 1.97. The summed E-state index contributed by atoms with van der Waals surface area (Å²) in [7, 11) is -2.44. The van der Waals surface area contributed by atoms with Crippen LogP contribution >= 0.6 is 11.6 Å². The Morgan fingerprint density at radius 3 is 2.67 bits per heavy atom. The van der Waals surface area contributed by atoms with Crippen LogP contribution in [0.15, 0.2) is 53.8 Å². The van der Waals surface area contributed by atoms with E-state index in [2.05, 4.69) is 9.97 Å². The predicted octanol–water partition coefficient (Wildman–Crippen LogP) is 2.21. The molecule has 0 aliphatic rings. The third-order valence-electron chi connectivity index (χ3n) is 3.02. The van der Waals surface area contributed by atoms with Gasteiger partial charge in [-0.2, -0.15) is 8.42 Å². The molecule has 0 N–H and O–H groups in total. The van der Waals surface area contributed by atoms with Gasteiger partial charge in [-0.25, -0.2) is 9.97 Å². The van der Waals surface area contributed by atoms with Crippen molar-refractivity contribution in [2.75, 3.05) is 11.4 Å². The lowest BCUT2D eigenvalue weighted by Gasteiger charge is -2.17. The maximum atomic E-state index is 12.8. The highest BCUT2D eigenvalue weighted by Gasteiger charge is 2.29. The highest BCUT2D eigenvalue weighted by Crippen LogP contribution is 2.27. The molecule has 0 fully saturated rings. The van der Waals surface area contributed by atoms with E-state index in [-0.39, 0.29) is 10.2 Å². The topological polar surface area (TPSA) is 67.6 Å². The molecule has 21 heavy (non-hydrogen) atoms. The Morgan fingerprint density at radius 2 is 1.95 bits per heavy atom. The second kappa shape index (κ2) is 5.01. The zero-order valence-corrected chi connectivity index (χ0v) is 12.6. The third-order valence-corrected chi connectivity index (χ3v) is 5.19. The molecule has 0 aliphatic carbocycles. The summed E-state index contributed by atoms with van der Waals surface area (Å²) >= 11 is 6.03. The van der Waals surface area contributed by atoms with Gasteiger partial charge in [-0.1, -0.05) is 23.7 Å². The summed E-state index contributed by atoms with van der Waals surface area (Å²) < 4.78 is 28.1. The Hall–Kier alpha value is -2.12. The number of imidazole rings is 1. The molecule has 0 amide bonds. The first-order valence-corrected chi connectivity index (χ1v) is 7.86. The predicted molar refractivity (Wildman–Crippen MR) is 80.0 cm³/mol. The molecule has 0 atom stereocenters. The highest BCUT2D eigenvalue weighted by atomic mass is 35.5. The van der Waals surface area contributed by atoms with E-state index in [1.807, 2.05) is 0 Å². The maximum Gasteiger partial charge on any atom is 0.284 e. The van der Waals surface area contributed by atoms with Gasteiger partial charge in [0.15, 0.2) is 10.2 Å². The molecule has 8 heteroatoms. The van der Waals surface area contributed by atoms with Gasteiger partial charge in [-0.15, -0.1) is 0 Å². The third kappa shape index (κ3) is 2.24. The van der Waals surface area contributed by atoms with Crippen LogP contribution in [0.5, 0.6) is 0 Å². The Bertz CT molecular complexity index is 893. The standard InChI is InChI=1S/C13H11ClN4O2S/c1-17(10-6-2-4-8-15-10)21(19,20)13-12(14)16-11-7-3-5-9-18(11)13/h2-9H,1H3. The molecule has 0 spiro atoms. The van der Waals surface area contributed by atoms with Crippen molar-refractivity contribution in [2.45, 2.75) is 5.03 Å². The van der Waals surface area contributed by atoms with E-state index in [4.69, 9.17) is 11.6 Å². The van der Waals surface area contributed by atoms with Gasteiger partial charge in [0.05, 0.1) is 0 Å². The van der Waals surface area contributed by atoms with E-state index in [0.717, 1.165) is 4.31 Å². The SMILES string of the molecule is CN(c1ccccn1)S(=O)(=O)c1c(Cl)nc2ccccn12. The molecule has 108 valence electrons. The van der Waals surface area contributed by atoms with Gasteiger partial charge in [0, 0.05) is 19.4 Å². The highest BCUT2D eigenvalue weighted by molar-refractivity contribution is 7.92. The molecule has 6 nitrogen and oxygen atoms in total. The van der Waals surface area contributed by atoms with Gasteiger partial charge >= 0.3 is 0 Å². The first-order chi connectivity index (χ1) is 10.0. The zero-order valence-electron chi connectivity index (χ0n) is 11.0. The van der Waals surface area contributed by atoms with Crippen LogP contribution in [0.4, 0.5) is 5.82 Å². The zero-order chi connectivity index (χ0) is 15.0. The average molecular weight is 323 g/mol. The smallest absolute Gasteiger partial charge is 0.284 e. The summed E-state index contributed by atoms with van der Waals surface area (Å²) in [6, 6.07) is 10.2. The summed E-state index contributed by atoms with van der Waals surface area (Å²) in [5.41, 5.74) is 0.468. The number of sulfonamides is 1. The lowest BCUT2D eigenvalue weighted by atomic mass is 10.5. The van der Waals surface area contributed by atoms with Gasteiger partial charge < -0.3 is 0 Å². The van der Waals surface area contributed by atoms with Crippen molar-refractivity contribution < 1.29 is 8.42 Å². The van der Waals surface area contributed by atoms with Gasteiger partial charge in [-0.3, -0.25) is 8.71 Å². The van der Waals surface area contributed by atoms with Crippen LogP contribution < -0.4 is 4.31 Å². The van der Waals surface area contributed by atoms with Crippen molar-refractivity contribution in [3.8, 4) is 0 Å². The quantitative estimate of drug-likeness (QED) is 0.741. The lowest BCUT2D eigenvalue weighted by molar-refractivity contribution is 0.589. The molecule has 0 aliphatic heterocycles. The number of pyridine rings is 2. The molecule has 3 aromatic heterocycles. The first kappa shape index (κ1) is 13.8. The van der Waals surface area contributed by atoms with E-state index in [9.17, 15) is 8.42 Å². The summed E-state index contributed by atoms with van der Waals surface area (Å²) in [5, 5.41) is -0.142. The summed E-state index contributed by atoms with van der Waals surface area (Å²) in [6.07, 6.45) is 3.13. The minimum absolute atomic E-state index is 0.0658. The summed E-state index contributed by atoms with van der Waals surface area (Å²) in [4.78, 5) is 8.10. The number of rotatable bonds is 3. The number of halogens is 1. The van der Waals surface area contributed by atoms with E-state index in [1.54, 1.807) is 42.6 Å². The first-order valence-electron chi connectivity index (χ1n) is 6.04. The Labute approximate surface area is 126 Å². The molecule has 0 saturated carbocycles. The number of anilines is 1. The molecule has 3 heterocycles. The minimum Gasteiger partial charge on any atom is -0.288 e. The van der Waals surface area contributed by atoms with E-state index in [1.165, 1.54) is 17.6 Å². The van der Waals surface area contributed by atoms with Gasteiger partial charge in [0.2, 0.25) is 0 Å². The van der Waals surface area contributed by atoms with Crippen molar-refractivity contribution >= 4 is 33.1 Å². The van der Waals surface area contributed by atoms with Crippen molar-refractivity contribution in [3.63, 3.8) is 0 Å². The van der Waals surface area contributed by atoms with E-state index in [0.29, 0.717) is 11.5 Å².